The smallest absolute Gasteiger partial charge is 0.306 e. The van der Waals surface area contributed by atoms with Crippen molar-refractivity contribution < 1.29 is 14.7 Å². The summed E-state index contributed by atoms with van der Waals surface area (Å²) in [6.45, 7) is 5.74. The highest BCUT2D eigenvalue weighted by Crippen LogP contribution is 2.09. The van der Waals surface area contributed by atoms with Crippen molar-refractivity contribution in [2.24, 2.45) is 5.92 Å². The van der Waals surface area contributed by atoms with Crippen LogP contribution in [0.15, 0.2) is 0 Å². The van der Waals surface area contributed by atoms with Crippen LogP contribution in [0.5, 0.6) is 0 Å². The van der Waals surface area contributed by atoms with Crippen LogP contribution in [-0.4, -0.2) is 23.0 Å². The van der Waals surface area contributed by atoms with E-state index >= 15 is 0 Å². The van der Waals surface area contributed by atoms with Crippen LogP contribution >= 0.6 is 0 Å². The van der Waals surface area contributed by atoms with E-state index in [0.717, 1.165) is 25.7 Å². The van der Waals surface area contributed by atoms with E-state index in [2.05, 4.69) is 12.2 Å². The Balaban J connectivity index is 3.95. The lowest BCUT2D eigenvalue weighted by atomic mass is 10.00. The Kier molecular flexibility index (Phi) is 8.46. The lowest BCUT2D eigenvalue weighted by Gasteiger charge is -2.19. The number of amides is 1. The molecular formula is C13H25NO3. The van der Waals surface area contributed by atoms with Gasteiger partial charge in [0.15, 0.2) is 0 Å². The average molecular weight is 243 g/mol. The van der Waals surface area contributed by atoms with Crippen LogP contribution in [0.3, 0.4) is 0 Å². The van der Waals surface area contributed by atoms with Gasteiger partial charge in [0, 0.05) is 12.5 Å². The van der Waals surface area contributed by atoms with Crippen LogP contribution in [0.4, 0.5) is 0 Å². The molecule has 1 amide bonds. The minimum Gasteiger partial charge on any atom is -0.481 e. The van der Waals surface area contributed by atoms with Crippen molar-refractivity contribution in [3.63, 3.8) is 0 Å². The fourth-order valence-electron chi connectivity index (χ4n) is 1.69. The molecule has 0 saturated heterocycles. The first-order valence-electron chi connectivity index (χ1n) is 6.53. The normalized spacial score (nSPS) is 14.1. The molecule has 4 nitrogen and oxygen atoms in total. The summed E-state index contributed by atoms with van der Waals surface area (Å²) in [5, 5.41) is 11.7. The molecule has 0 saturated carbocycles. The van der Waals surface area contributed by atoms with Crippen molar-refractivity contribution in [1.29, 1.82) is 0 Å². The molecule has 0 aliphatic rings. The molecule has 2 N–H and O–H groups in total. The fourth-order valence-corrected chi connectivity index (χ4v) is 1.69. The van der Waals surface area contributed by atoms with E-state index in [4.69, 9.17) is 5.11 Å². The second-order valence-corrected chi connectivity index (χ2v) is 4.60. The SMILES string of the molecule is CCCCCC(=O)NC(CC)CC(C)C(=O)O. The highest BCUT2D eigenvalue weighted by atomic mass is 16.4. The van der Waals surface area contributed by atoms with Crippen LogP contribution in [0, 0.1) is 5.92 Å². The molecule has 0 spiro atoms. The largest absolute Gasteiger partial charge is 0.481 e. The van der Waals surface area contributed by atoms with Gasteiger partial charge in [0.05, 0.1) is 5.92 Å². The molecule has 4 heteroatoms. The van der Waals surface area contributed by atoms with Crippen LogP contribution in [0.2, 0.25) is 0 Å². The Labute approximate surface area is 104 Å². The second kappa shape index (κ2) is 9.02. The minimum atomic E-state index is -0.802. The molecule has 17 heavy (non-hydrogen) atoms. The van der Waals surface area contributed by atoms with Gasteiger partial charge in [-0.15, -0.1) is 0 Å². The molecule has 0 rings (SSSR count). The lowest BCUT2D eigenvalue weighted by molar-refractivity contribution is -0.141. The number of rotatable bonds is 9. The van der Waals surface area contributed by atoms with Crippen molar-refractivity contribution in [3.05, 3.63) is 0 Å². The van der Waals surface area contributed by atoms with Gasteiger partial charge in [0.25, 0.3) is 0 Å². The zero-order chi connectivity index (χ0) is 13.3. The van der Waals surface area contributed by atoms with Gasteiger partial charge >= 0.3 is 5.97 Å². The van der Waals surface area contributed by atoms with E-state index in [1.165, 1.54) is 0 Å². The maximum absolute atomic E-state index is 11.6. The molecule has 2 unspecified atom stereocenters. The maximum atomic E-state index is 11.6. The van der Waals surface area contributed by atoms with Crippen molar-refractivity contribution in [2.75, 3.05) is 0 Å². The third kappa shape index (κ3) is 7.77. The van der Waals surface area contributed by atoms with Crippen molar-refractivity contribution in [1.82, 2.24) is 5.32 Å². The van der Waals surface area contributed by atoms with Gasteiger partial charge in [-0.2, -0.15) is 0 Å². The number of carbonyl (C=O) groups excluding carboxylic acids is 1. The van der Waals surface area contributed by atoms with Gasteiger partial charge in [-0.1, -0.05) is 33.6 Å². The molecule has 0 aromatic rings. The predicted molar refractivity (Wildman–Crippen MR) is 67.8 cm³/mol. The number of carboxylic acid groups (broad SMARTS) is 1. The molecule has 0 radical (unpaired) electrons. The first-order chi connectivity index (χ1) is 8.01. The average Bonchev–Trinajstić information content (AvgIpc) is 2.28. The number of hydrogen-bond donors (Lipinski definition) is 2. The van der Waals surface area contributed by atoms with E-state index in [1.54, 1.807) is 6.92 Å². The van der Waals surface area contributed by atoms with Gasteiger partial charge in [-0.25, -0.2) is 0 Å². The van der Waals surface area contributed by atoms with Crippen LogP contribution in [0.25, 0.3) is 0 Å². The van der Waals surface area contributed by atoms with E-state index in [9.17, 15) is 9.59 Å². The first-order valence-corrected chi connectivity index (χ1v) is 6.53. The summed E-state index contributed by atoms with van der Waals surface area (Å²) in [5.74, 6) is -1.16. The topological polar surface area (TPSA) is 66.4 Å². The summed E-state index contributed by atoms with van der Waals surface area (Å²) >= 11 is 0. The summed E-state index contributed by atoms with van der Waals surface area (Å²) in [5.41, 5.74) is 0. The Morgan fingerprint density at radius 3 is 2.35 bits per heavy atom. The lowest BCUT2D eigenvalue weighted by Crippen LogP contribution is -2.36. The standard InChI is InChI=1S/C13H25NO3/c1-4-6-7-8-12(15)14-11(5-2)9-10(3)13(16)17/h10-11H,4-9H2,1-3H3,(H,14,15)(H,16,17). The third-order valence-electron chi connectivity index (χ3n) is 2.92. The van der Waals surface area contributed by atoms with Crippen molar-refractivity contribution in [3.8, 4) is 0 Å². The Morgan fingerprint density at radius 2 is 1.88 bits per heavy atom. The Hall–Kier alpha value is -1.06. The maximum Gasteiger partial charge on any atom is 0.306 e. The first kappa shape index (κ1) is 15.9. The van der Waals surface area contributed by atoms with Crippen LogP contribution < -0.4 is 5.32 Å². The molecule has 0 aliphatic carbocycles. The zero-order valence-electron chi connectivity index (χ0n) is 11.2. The molecule has 0 aromatic carbocycles. The predicted octanol–water partition coefficient (Wildman–Crippen LogP) is 2.57. The zero-order valence-corrected chi connectivity index (χ0v) is 11.2. The van der Waals surface area contributed by atoms with Gasteiger partial charge in [-0.05, 0) is 19.3 Å². The van der Waals surface area contributed by atoms with E-state index in [1.807, 2.05) is 6.92 Å². The van der Waals surface area contributed by atoms with Gasteiger partial charge in [-0.3, -0.25) is 9.59 Å². The summed E-state index contributed by atoms with van der Waals surface area (Å²) in [4.78, 5) is 22.3. The summed E-state index contributed by atoms with van der Waals surface area (Å²) in [6.07, 6.45) is 4.90. The third-order valence-corrected chi connectivity index (χ3v) is 2.92. The Bertz CT molecular complexity index is 241. The van der Waals surface area contributed by atoms with E-state index in [-0.39, 0.29) is 11.9 Å². The number of carboxylic acids is 1. The van der Waals surface area contributed by atoms with Gasteiger partial charge in [0.1, 0.15) is 0 Å². The van der Waals surface area contributed by atoms with E-state index in [0.29, 0.717) is 12.8 Å². The molecule has 0 aliphatic heterocycles. The molecular weight excluding hydrogens is 218 g/mol. The summed E-state index contributed by atoms with van der Waals surface area (Å²) in [7, 11) is 0. The molecule has 2 atom stereocenters. The molecule has 100 valence electrons. The number of aliphatic carboxylic acids is 1. The van der Waals surface area contributed by atoms with E-state index < -0.39 is 11.9 Å². The number of hydrogen-bond acceptors (Lipinski definition) is 2. The van der Waals surface area contributed by atoms with Gasteiger partial charge < -0.3 is 10.4 Å². The monoisotopic (exact) mass is 243 g/mol. The second-order valence-electron chi connectivity index (χ2n) is 4.60. The molecule has 0 heterocycles. The van der Waals surface area contributed by atoms with Crippen LogP contribution in [0.1, 0.15) is 59.3 Å². The molecule has 0 fully saturated rings. The highest BCUT2D eigenvalue weighted by molar-refractivity contribution is 5.76. The van der Waals surface area contributed by atoms with Gasteiger partial charge in [0.2, 0.25) is 5.91 Å². The number of carbonyl (C=O) groups is 2. The summed E-state index contributed by atoms with van der Waals surface area (Å²) < 4.78 is 0. The fraction of sp³-hybridized carbons (Fsp3) is 0.846. The number of nitrogens with one attached hydrogen (secondary N) is 1. The van der Waals surface area contributed by atoms with Crippen molar-refractivity contribution in [2.45, 2.75) is 65.3 Å². The summed E-state index contributed by atoms with van der Waals surface area (Å²) in [6, 6.07) is -0.0183. The number of unbranched alkanes of at least 4 members (excludes halogenated alkanes) is 2. The molecule has 0 bridgehead atoms. The van der Waals surface area contributed by atoms with Crippen molar-refractivity contribution >= 4 is 11.9 Å². The quantitative estimate of drug-likeness (QED) is 0.612. The minimum absolute atomic E-state index is 0.0183. The molecule has 0 aromatic heterocycles. The highest BCUT2D eigenvalue weighted by Gasteiger charge is 2.18. The Morgan fingerprint density at radius 1 is 1.24 bits per heavy atom. The van der Waals surface area contributed by atoms with Crippen LogP contribution in [-0.2, 0) is 9.59 Å².